The summed E-state index contributed by atoms with van der Waals surface area (Å²) in [6, 6.07) is 4.85. The Hall–Kier alpha value is -0.780. The van der Waals surface area contributed by atoms with Gasteiger partial charge in [-0.15, -0.1) is 0 Å². The molecule has 17 heavy (non-hydrogen) atoms. The lowest BCUT2D eigenvalue weighted by molar-refractivity contribution is -0.123. The second kappa shape index (κ2) is 6.83. The second-order valence-electron chi connectivity index (χ2n) is 3.51. The molecule has 0 spiro atoms. The summed E-state index contributed by atoms with van der Waals surface area (Å²) in [7, 11) is 0. The Labute approximate surface area is 113 Å². The number of benzene rings is 1. The van der Waals surface area contributed by atoms with Gasteiger partial charge in [-0.2, -0.15) is 0 Å². The molecule has 2 N–H and O–H groups in total. The predicted molar refractivity (Wildman–Crippen MR) is 69.3 cm³/mol. The summed E-state index contributed by atoms with van der Waals surface area (Å²) >= 11 is 9.19. The van der Waals surface area contributed by atoms with Crippen LogP contribution in [0.1, 0.15) is 6.92 Å². The van der Waals surface area contributed by atoms with Gasteiger partial charge >= 0.3 is 0 Å². The van der Waals surface area contributed by atoms with Crippen molar-refractivity contribution in [3.8, 4) is 5.75 Å². The molecule has 0 fully saturated rings. The van der Waals surface area contributed by atoms with Crippen molar-refractivity contribution in [1.29, 1.82) is 0 Å². The zero-order valence-corrected chi connectivity index (χ0v) is 11.6. The summed E-state index contributed by atoms with van der Waals surface area (Å²) in [6.07, 6.45) is 0. The summed E-state index contributed by atoms with van der Waals surface area (Å²) in [6.45, 7) is 1.46. The van der Waals surface area contributed by atoms with Crippen molar-refractivity contribution >= 4 is 33.4 Å². The van der Waals surface area contributed by atoms with E-state index >= 15 is 0 Å². The van der Waals surface area contributed by atoms with Crippen LogP contribution in [0.15, 0.2) is 22.7 Å². The molecule has 1 atom stereocenters. The summed E-state index contributed by atoms with van der Waals surface area (Å²) in [5, 5.41) is 11.8. The highest BCUT2D eigenvalue weighted by molar-refractivity contribution is 9.10. The molecular weight excluding hydrogens is 309 g/mol. The van der Waals surface area contributed by atoms with E-state index in [4.69, 9.17) is 21.4 Å². The third kappa shape index (κ3) is 4.93. The Balaban J connectivity index is 2.47. The van der Waals surface area contributed by atoms with Crippen LogP contribution in [0.3, 0.4) is 0 Å². The number of amides is 1. The van der Waals surface area contributed by atoms with Crippen LogP contribution in [0.4, 0.5) is 0 Å². The van der Waals surface area contributed by atoms with Gasteiger partial charge in [0, 0.05) is 10.5 Å². The van der Waals surface area contributed by atoms with Crippen LogP contribution in [0.2, 0.25) is 5.02 Å². The number of hydrogen-bond donors (Lipinski definition) is 2. The largest absolute Gasteiger partial charge is 0.482 e. The fraction of sp³-hybridized carbons (Fsp3) is 0.364. The maximum atomic E-state index is 11.4. The van der Waals surface area contributed by atoms with Gasteiger partial charge in [0.15, 0.2) is 6.61 Å². The summed E-state index contributed by atoms with van der Waals surface area (Å²) in [5.41, 5.74) is 0. The van der Waals surface area contributed by atoms with Gasteiger partial charge in [-0.05, 0) is 25.1 Å². The molecule has 0 aliphatic rings. The first-order chi connectivity index (χ1) is 8.02. The Bertz CT molecular complexity index is 400. The number of carbonyl (C=O) groups excluding carboxylic acids is 1. The van der Waals surface area contributed by atoms with Gasteiger partial charge in [-0.3, -0.25) is 4.79 Å². The summed E-state index contributed by atoms with van der Waals surface area (Å²) in [4.78, 5) is 11.4. The minimum atomic E-state index is -0.300. The molecule has 1 rings (SSSR count). The van der Waals surface area contributed by atoms with Gasteiger partial charge in [0.25, 0.3) is 5.91 Å². The van der Waals surface area contributed by atoms with Crippen LogP contribution < -0.4 is 10.1 Å². The number of nitrogens with one attached hydrogen (secondary N) is 1. The lowest BCUT2D eigenvalue weighted by atomic mass is 10.3. The van der Waals surface area contributed by atoms with E-state index in [1.165, 1.54) is 0 Å². The average Bonchev–Trinajstić information content (AvgIpc) is 2.27. The fourth-order valence-electron chi connectivity index (χ4n) is 1.10. The zero-order chi connectivity index (χ0) is 12.8. The van der Waals surface area contributed by atoms with Crippen LogP contribution in [-0.4, -0.2) is 30.3 Å². The summed E-state index contributed by atoms with van der Waals surface area (Å²) in [5.74, 6) is 0.146. The number of hydrogen-bond acceptors (Lipinski definition) is 3. The van der Waals surface area contributed by atoms with Crippen molar-refractivity contribution in [2.24, 2.45) is 0 Å². The number of halogens is 2. The lowest BCUT2D eigenvalue weighted by Gasteiger charge is -2.12. The number of aliphatic hydroxyl groups excluding tert-OH is 1. The molecule has 1 aromatic rings. The zero-order valence-electron chi connectivity index (χ0n) is 9.24. The Morgan fingerprint density at radius 2 is 2.35 bits per heavy atom. The molecule has 0 aliphatic heterocycles. The van der Waals surface area contributed by atoms with Gasteiger partial charge in [0.05, 0.1) is 11.6 Å². The van der Waals surface area contributed by atoms with E-state index in [1.54, 1.807) is 25.1 Å². The third-order valence-electron chi connectivity index (χ3n) is 1.93. The Morgan fingerprint density at radius 3 is 2.94 bits per heavy atom. The first-order valence-electron chi connectivity index (χ1n) is 5.01. The molecule has 6 heteroatoms. The van der Waals surface area contributed by atoms with E-state index < -0.39 is 0 Å². The minimum absolute atomic E-state index is 0.106. The maximum absolute atomic E-state index is 11.4. The lowest BCUT2D eigenvalue weighted by Crippen LogP contribution is -2.38. The van der Waals surface area contributed by atoms with E-state index in [0.717, 1.165) is 4.47 Å². The van der Waals surface area contributed by atoms with Gasteiger partial charge in [0.2, 0.25) is 0 Å². The highest BCUT2D eigenvalue weighted by Gasteiger charge is 2.08. The predicted octanol–water partition coefficient (Wildman–Crippen LogP) is 1.98. The first kappa shape index (κ1) is 14.3. The van der Waals surface area contributed by atoms with Gasteiger partial charge in [0.1, 0.15) is 5.75 Å². The number of rotatable bonds is 5. The van der Waals surface area contributed by atoms with Crippen molar-refractivity contribution in [3.05, 3.63) is 27.7 Å². The SMILES string of the molecule is CC(CO)NC(=O)COc1ccc(Br)cc1Cl. The molecule has 0 saturated heterocycles. The third-order valence-corrected chi connectivity index (χ3v) is 2.72. The highest BCUT2D eigenvalue weighted by atomic mass is 79.9. The van der Waals surface area contributed by atoms with Gasteiger partial charge < -0.3 is 15.2 Å². The highest BCUT2D eigenvalue weighted by Crippen LogP contribution is 2.27. The summed E-state index contributed by atoms with van der Waals surface area (Å²) < 4.78 is 6.09. The molecule has 94 valence electrons. The first-order valence-corrected chi connectivity index (χ1v) is 6.18. The van der Waals surface area contributed by atoms with E-state index in [1.807, 2.05) is 0 Å². The molecular formula is C11H13BrClNO3. The molecule has 0 saturated carbocycles. The molecule has 0 bridgehead atoms. The van der Waals surface area contributed by atoms with Crippen molar-refractivity contribution in [1.82, 2.24) is 5.32 Å². The topological polar surface area (TPSA) is 58.6 Å². The van der Waals surface area contributed by atoms with Crippen LogP contribution in [0.5, 0.6) is 5.75 Å². The fourth-order valence-corrected chi connectivity index (χ4v) is 1.83. The number of aliphatic hydroxyl groups is 1. The van der Waals surface area contributed by atoms with Crippen molar-refractivity contribution in [2.75, 3.05) is 13.2 Å². The smallest absolute Gasteiger partial charge is 0.258 e. The second-order valence-corrected chi connectivity index (χ2v) is 4.84. The van der Waals surface area contributed by atoms with Gasteiger partial charge in [-0.25, -0.2) is 0 Å². The van der Waals surface area contributed by atoms with Crippen molar-refractivity contribution < 1.29 is 14.6 Å². The van der Waals surface area contributed by atoms with E-state index in [0.29, 0.717) is 10.8 Å². The Morgan fingerprint density at radius 1 is 1.65 bits per heavy atom. The minimum Gasteiger partial charge on any atom is -0.482 e. The standard InChI is InChI=1S/C11H13BrClNO3/c1-7(5-15)14-11(16)6-17-10-3-2-8(12)4-9(10)13/h2-4,7,15H,5-6H2,1H3,(H,14,16). The number of ether oxygens (including phenoxy) is 1. The van der Waals surface area contributed by atoms with Gasteiger partial charge in [-0.1, -0.05) is 27.5 Å². The normalized spacial score (nSPS) is 12.0. The van der Waals surface area contributed by atoms with E-state index in [-0.39, 0.29) is 25.2 Å². The molecule has 0 radical (unpaired) electrons. The molecule has 4 nitrogen and oxygen atoms in total. The van der Waals surface area contributed by atoms with E-state index in [2.05, 4.69) is 21.2 Å². The van der Waals surface area contributed by atoms with Crippen molar-refractivity contribution in [3.63, 3.8) is 0 Å². The van der Waals surface area contributed by atoms with Crippen molar-refractivity contribution in [2.45, 2.75) is 13.0 Å². The number of carbonyl (C=O) groups is 1. The monoisotopic (exact) mass is 321 g/mol. The molecule has 1 amide bonds. The quantitative estimate of drug-likeness (QED) is 0.871. The van der Waals surface area contributed by atoms with Crippen LogP contribution in [0, 0.1) is 0 Å². The molecule has 1 aromatic carbocycles. The molecule has 1 unspecified atom stereocenters. The Kier molecular flexibility index (Phi) is 5.74. The van der Waals surface area contributed by atoms with Crippen LogP contribution in [0.25, 0.3) is 0 Å². The van der Waals surface area contributed by atoms with Crippen LogP contribution in [-0.2, 0) is 4.79 Å². The van der Waals surface area contributed by atoms with Crippen LogP contribution >= 0.6 is 27.5 Å². The molecule has 0 heterocycles. The van der Waals surface area contributed by atoms with E-state index in [9.17, 15) is 4.79 Å². The maximum Gasteiger partial charge on any atom is 0.258 e. The molecule has 0 aliphatic carbocycles. The average molecular weight is 323 g/mol. The molecule has 0 aromatic heterocycles.